The van der Waals surface area contributed by atoms with Crippen molar-refractivity contribution in [2.75, 3.05) is 5.32 Å². The zero-order valence-corrected chi connectivity index (χ0v) is 12.9. The standard InChI is InChI=1S/C17H16N2O2S/c1-11(20)18-15-16(12-7-3-2-4-8-12)22-14-10-6-5-9-13(14)19-17(15)21/h2-10,15-16H,1H3,(H,18,20)(H,19,21). The Balaban J connectivity index is 2.04. The van der Waals surface area contributed by atoms with Crippen LogP contribution in [0.1, 0.15) is 17.7 Å². The zero-order chi connectivity index (χ0) is 15.5. The first-order chi connectivity index (χ1) is 10.6. The minimum Gasteiger partial charge on any atom is -0.343 e. The molecule has 0 radical (unpaired) electrons. The highest BCUT2D eigenvalue weighted by atomic mass is 32.2. The van der Waals surface area contributed by atoms with E-state index in [0.717, 1.165) is 16.1 Å². The number of thioether (sulfide) groups is 1. The smallest absolute Gasteiger partial charge is 0.248 e. The Morgan fingerprint density at radius 3 is 2.50 bits per heavy atom. The Bertz CT molecular complexity index is 703. The molecule has 0 bridgehead atoms. The number of benzene rings is 2. The van der Waals surface area contributed by atoms with Crippen LogP contribution in [-0.4, -0.2) is 17.9 Å². The molecule has 112 valence electrons. The van der Waals surface area contributed by atoms with Crippen LogP contribution in [0.15, 0.2) is 59.5 Å². The van der Waals surface area contributed by atoms with Gasteiger partial charge in [-0.25, -0.2) is 0 Å². The summed E-state index contributed by atoms with van der Waals surface area (Å²) in [6.07, 6.45) is 0. The van der Waals surface area contributed by atoms with Crippen molar-refractivity contribution in [2.45, 2.75) is 23.1 Å². The molecule has 2 aromatic rings. The van der Waals surface area contributed by atoms with Crippen molar-refractivity contribution in [1.82, 2.24) is 5.32 Å². The highest BCUT2D eigenvalue weighted by molar-refractivity contribution is 7.99. The van der Waals surface area contributed by atoms with Gasteiger partial charge in [0.25, 0.3) is 0 Å². The van der Waals surface area contributed by atoms with E-state index >= 15 is 0 Å². The summed E-state index contributed by atoms with van der Waals surface area (Å²) in [5.41, 5.74) is 1.80. The van der Waals surface area contributed by atoms with Crippen LogP contribution in [0.4, 0.5) is 5.69 Å². The van der Waals surface area contributed by atoms with Gasteiger partial charge in [-0.2, -0.15) is 0 Å². The molecule has 0 fully saturated rings. The van der Waals surface area contributed by atoms with Crippen molar-refractivity contribution >= 4 is 29.3 Å². The first-order valence-corrected chi connectivity index (χ1v) is 7.92. The molecule has 2 unspecified atom stereocenters. The number of anilines is 1. The molecule has 1 aliphatic heterocycles. The predicted octanol–water partition coefficient (Wildman–Crippen LogP) is 2.98. The molecule has 1 heterocycles. The highest BCUT2D eigenvalue weighted by Crippen LogP contribution is 2.43. The maximum atomic E-state index is 12.6. The van der Waals surface area contributed by atoms with Crippen LogP contribution in [-0.2, 0) is 9.59 Å². The van der Waals surface area contributed by atoms with Crippen LogP contribution in [0.5, 0.6) is 0 Å². The summed E-state index contributed by atoms with van der Waals surface area (Å²) in [4.78, 5) is 25.1. The highest BCUT2D eigenvalue weighted by Gasteiger charge is 2.34. The van der Waals surface area contributed by atoms with Gasteiger partial charge in [0, 0.05) is 11.8 Å². The van der Waals surface area contributed by atoms with Crippen LogP contribution in [0.2, 0.25) is 0 Å². The van der Waals surface area contributed by atoms with Crippen molar-refractivity contribution in [3.63, 3.8) is 0 Å². The number of hydrogen-bond acceptors (Lipinski definition) is 3. The molecule has 0 aromatic heterocycles. The van der Waals surface area contributed by atoms with E-state index < -0.39 is 6.04 Å². The molecule has 5 heteroatoms. The minimum absolute atomic E-state index is 0.172. The van der Waals surface area contributed by atoms with Crippen molar-refractivity contribution in [3.8, 4) is 0 Å². The molecule has 4 nitrogen and oxygen atoms in total. The second-order valence-corrected chi connectivity index (χ2v) is 6.30. The SMILES string of the molecule is CC(=O)NC1C(=O)Nc2ccccc2SC1c1ccccc1. The number of amides is 2. The quantitative estimate of drug-likeness (QED) is 0.896. The Morgan fingerprint density at radius 1 is 1.09 bits per heavy atom. The number of hydrogen-bond donors (Lipinski definition) is 2. The van der Waals surface area contributed by atoms with E-state index in [2.05, 4.69) is 10.6 Å². The summed E-state index contributed by atoms with van der Waals surface area (Å²) >= 11 is 1.59. The van der Waals surface area contributed by atoms with Crippen molar-refractivity contribution in [2.24, 2.45) is 0 Å². The van der Waals surface area contributed by atoms with Crippen molar-refractivity contribution < 1.29 is 9.59 Å². The van der Waals surface area contributed by atoms with E-state index in [1.54, 1.807) is 11.8 Å². The lowest BCUT2D eigenvalue weighted by atomic mass is 10.0. The topological polar surface area (TPSA) is 58.2 Å². The zero-order valence-electron chi connectivity index (χ0n) is 12.1. The lowest BCUT2D eigenvalue weighted by Crippen LogP contribution is -2.45. The minimum atomic E-state index is -0.614. The van der Waals surface area contributed by atoms with Crippen LogP contribution in [0.25, 0.3) is 0 Å². The lowest BCUT2D eigenvalue weighted by molar-refractivity contribution is -0.125. The Labute approximate surface area is 133 Å². The molecular weight excluding hydrogens is 296 g/mol. The summed E-state index contributed by atoms with van der Waals surface area (Å²) in [5.74, 6) is -0.408. The average Bonchev–Trinajstić information content (AvgIpc) is 2.65. The number of nitrogens with one attached hydrogen (secondary N) is 2. The number of carbonyl (C=O) groups excluding carboxylic acids is 2. The maximum absolute atomic E-state index is 12.6. The average molecular weight is 312 g/mol. The van der Waals surface area contributed by atoms with Crippen LogP contribution >= 0.6 is 11.8 Å². The van der Waals surface area contributed by atoms with Gasteiger partial charge in [-0.1, -0.05) is 42.5 Å². The van der Waals surface area contributed by atoms with E-state index in [1.807, 2.05) is 54.6 Å². The van der Waals surface area contributed by atoms with Gasteiger partial charge in [0.15, 0.2) is 0 Å². The van der Waals surface area contributed by atoms with Crippen molar-refractivity contribution in [1.29, 1.82) is 0 Å². The van der Waals surface area contributed by atoms with Gasteiger partial charge < -0.3 is 10.6 Å². The summed E-state index contributed by atoms with van der Waals surface area (Å²) in [5, 5.41) is 5.51. The van der Waals surface area contributed by atoms with Crippen LogP contribution in [0, 0.1) is 0 Å². The van der Waals surface area contributed by atoms with Gasteiger partial charge in [-0.05, 0) is 17.7 Å². The molecule has 0 aliphatic carbocycles. The van der Waals surface area contributed by atoms with Gasteiger partial charge in [-0.15, -0.1) is 11.8 Å². The van der Waals surface area contributed by atoms with Gasteiger partial charge in [0.2, 0.25) is 11.8 Å². The third-order valence-electron chi connectivity index (χ3n) is 3.47. The van der Waals surface area contributed by atoms with Gasteiger partial charge in [0.05, 0.1) is 10.9 Å². The normalized spacial score (nSPS) is 20.5. The van der Waals surface area contributed by atoms with Gasteiger partial charge in [0.1, 0.15) is 6.04 Å². The third-order valence-corrected chi connectivity index (χ3v) is 4.88. The van der Waals surface area contributed by atoms with Crippen molar-refractivity contribution in [3.05, 3.63) is 60.2 Å². The molecule has 0 spiro atoms. The molecular formula is C17H16N2O2S. The van der Waals surface area contributed by atoms with E-state index in [9.17, 15) is 9.59 Å². The van der Waals surface area contributed by atoms with Gasteiger partial charge >= 0.3 is 0 Å². The summed E-state index contributed by atoms with van der Waals surface area (Å²) in [6, 6.07) is 16.8. The lowest BCUT2D eigenvalue weighted by Gasteiger charge is -2.24. The second kappa shape index (κ2) is 6.23. The van der Waals surface area contributed by atoms with E-state index in [4.69, 9.17) is 0 Å². The molecule has 2 amide bonds. The molecule has 0 saturated heterocycles. The van der Waals surface area contributed by atoms with Crippen LogP contribution in [0.3, 0.4) is 0 Å². The van der Waals surface area contributed by atoms with E-state index in [1.165, 1.54) is 6.92 Å². The molecule has 0 saturated carbocycles. The third kappa shape index (κ3) is 2.99. The second-order valence-electron chi connectivity index (χ2n) is 5.11. The molecule has 2 N–H and O–H groups in total. The molecule has 3 rings (SSSR count). The Kier molecular flexibility index (Phi) is 4.15. The molecule has 1 aliphatic rings. The number of carbonyl (C=O) groups is 2. The maximum Gasteiger partial charge on any atom is 0.248 e. The summed E-state index contributed by atoms with van der Waals surface area (Å²) in [7, 11) is 0. The Morgan fingerprint density at radius 2 is 1.77 bits per heavy atom. The number of fused-ring (bicyclic) bond motifs is 1. The fourth-order valence-electron chi connectivity index (χ4n) is 2.49. The predicted molar refractivity (Wildman–Crippen MR) is 87.7 cm³/mol. The fraction of sp³-hybridized carbons (Fsp3) is 0.176. The largest absolute Gasteiger partial charge is 0.343 e. The first kappa shape index (κ1) is 14.7. The van der Waals surface area contributed by atoms with E-state index in [0.29, 0.717) is 0 Å². The number of rotatable bonds is 2. The monoisotopic (exact) mass is 312 g/mol. The fourth-order valence-corrected chi connectivity index (χ4v) is 3.79. The number of para-hydroxylation sites is 1. The molecule has 22 heavy (non-hydrogen) atoms. The summed E-state index contributed by atoms with van der Waals surface area (Å²) < 4.78 is 0. The molecule has 2 atom stereocenters. The van der Waals surface area contributed by atoms with Gasteiger partial charge in [-0.3, -0.25) is 9.59 Å². The van der Waals surface area contributed by atoms with Crippen LogP contribution < -0.4 is 10.6 Å². The molecule has 2 aromatic carbocycles. The van der Waals surface area contributed by atoms with E-state index in [-0.39, 0.29) is 17.1 Å². The summed E-state index contributed by atoms with van der Waals surface area (Å²) in [6.45, 7) is 1.43. The Hall–Kier alpha value is -2.27. The first-order valence-electron chi connectivity index (χ1n) is 7.04.